The summed E-state index contributed by atoms with van der Waals surface area (Å²) in [4.78, 5) is 0. The van der Waals surface area contributed by atoms with Crippen LogP contribution in [-0.4, -0.2) is 24.4 Å². The van der Waals surface area contributed by atoms with E-state index in [0.717, 1.165) is 25.9 Å². The predicted octanol–water partition coefficient (Wildman–Crippen LogP) is 4.37. The number of para-hydroxylation sites is 1. The molecule has 0 aliphatic carbocycles. The Morgan fingerprint density at radius 1 is 1.14 bits per heavy atom. The van der Waals surface area contributed by atoms with E-state index in [-0.39, 0.29) is 6.61 Å². The second-order valence-corrected chi connectivity index (χ2v) is 6.47. The number of aliphatic hydroxyl groups excluding tert-OH is 1. The average Bonchev–Trinajstić information content (AvgIpc) is 2.45. The van der Waals surface area contributed by atoms with Crippen molar-refractivity contribution in [1.82, 2.24) is 0 Å². The maximum atomic E-state index is 9.99. The Bertz CT molecular complexity index is 605. The molecule has 0 aromatic heterocycles. The van der Waals surface area contributed by atoms with Gasteiger partial charge in [0.15, 0.2) is 0 Å². The summed E-state index contributed by atoms with van der Waals surface area (Å²) in [6.45, 7) is 2.68. The highest BCUT2D eigenvalue weighted by Gasteiger charge is 2.08. The SMILES string of the molecule is Cc1ccc(OCC(O)CNc2ccccc2Br)c(Br)c1. The first-order valence-corrected chi connectivity index (χ1v) is 8.20. The van der Waals surface area contributed by atoms with Crippen LogP contribution < -0.4 is 10.1 Å². The fourth-order valence-electron chi connectivity index (χ4n) is 1.80. The lowest BCUT2D eigenvalue weighted by Crippen LogP contribution is -2.26. The van der Waals surface area contributed by atoms with Crippen LogP contribution in [0.3, 0.4) is 0 Å². The van der Waals surface area contributed by atoms with Crippen LogP contribution in [-0.2, 0) is 0 Å². The maximum Gasteiger partial charge on any atom is 0.133 e. The van der Waals surface area contributed by atoms with Gasteiger partial charge >= 0.3 is 0 Å². The summed E-state index contributed by atoms with van der Waals surface area (Å²) in [7, 11) is 0. The van der Waals surface area contributed by atoms with Gasteiger partial charge in [-0.05, 0) is 68.6 Å². The highest BCUT2D eigenvalue weighted by atomic mass is 79.9. The Morgan fingerprint density at radius 3 is 2.62 bits per heavy atom. The molecule has 5 heteroatoms. The molecule has 2 aromatic rings. The van der Waals surface area contributed by atoms with E-state index in [4.69, 9.17) is 4.74 Å². The van der Waals surface area contributed by atoms with Crippen molar-refractivity contribution in [2.24, 2.45) is 0 Å². The predicted molar refractivity (Wildman–Crippen MR) is 93.0 cm³/mol. The molecule has 0 aliphatic rings. The fourth-order valence-corrected chi connectivity index (χ4v) is 2.83. The van der Waals surface area contributed by atoms with Crippen molar-refractivity contribution in [3.63, 3.8) is 0 Å². The van der Waals surface area contributed by atoms with Crippen molar-refractivity contribution in [2.75, 3.05) is 18.5 Å². The van der Waals surface area contributed by atoms with Crippen LogP contribution in [0.15, 0.2) is 51.4 Å². The molecule has 2 rings (SSSR count). The molecule has 0 saturated heterocycles. The zero-order chi connectivity index (χ0) is 15.2. The lowest BCUT2D eigenvalue weighted by Gasteiger charge is -2.15. The van der Waals surface area contributed by atoms with E-state index < -0.39 is 6.10 Å². The minimum Gasteiger partial charge on any atom is -0.490 e. The van der Waals surface area contributed by atoms with Crippen molar-refractivity contribution >= 4 is 37.5 Å². The van der Waals surface area contributed by atoms with Crippen LogP contribution >= 0.6 is 31.9 Å². The van der Waals surface area contributed by atoms with E-state index in [1.165, 1.54) is 0 Å². The summed E-state index contributed by atoms with van der Waals surface area (Å²) in [6, 6.07) is 13.7. The van der Waals surface area contributed by atoms with Gasteiger partial charge in [-0.1, -0.05) is 18.2 Å². The molecule has 0 bridgehead atoms. The molecular formula is C16H17Br2NO2. The number of nitrogens with one attached hydrogen (secondary N) is 1. The van der Waals surface area contributed by atoms with Crippen molar-refractivity contribution in [2.45, 2.75) is 13.0 Å². The second kappa shape index (κ2) is 7.82. The fraction of sp³-hybridized carbons (Fsp3) is 0.250. The number of anilines is 1. The van der Waals surface area contributed by atoms with Gasteiger partial charge in [0.25, 0.3) is 0 Å². The normalized spacial score (nSPS) is 12.0. The zero-order valence-corrected chi connectivity index (χ0v) is 14.8. The number of ether oxygens (including phenoxy) is 1. The molecule has 21 heavy (non-hydrogen) atoms. The van der Waals surface area contributed by atoms with Crippen molar-refractivity contribution in [3.05, 3.63) is 57.0 Å². The van der Waals surface area contributed by atoms with Crippen LogP contribution in [0, 0.1) is 6.92 Å². The standard InChI is InChI=1S/C16H17Br2NO2/c1-11-6-7-16(14(18)8-11)21-10-12(20)9-19-15-5-3-2-4-13(15)17/h2-8,12,19-20H,9-10H2,1H3. The minimum absolute atomic E-state index is 0.235. The van der Waals surface area contributed by atoms with Gasteiger partial charge in [-0.2, -0.15) is 0 Å². The second-order valence-electron chi connectivity index (χ2n) is 4.76. The lowest BCUT2D eigenvalue weighted by molar-refractivity contribution is 0.117. The molecule has 0 radical (unpaired) electrons. The number of hydrogen-bond acceptors (Lipinski definition) is 3. The Hall–Kier alpha value is -1.04. The third-order valence-electron chi connectivity index (χ3n) is 2.92. The first kappa shape index (κ1) is 16.3. The molecule has 1 atom stereocenters. The average molecular weight is 415 g/mol. The number of rotatable bonds is 6. The van der Waals surface area contributed by atoms with Gasteiger partial charge in [0.2, 0.25) is 0 Å². The molecule has 112 valence electrons. The Balaban J connectivity index is 1.82. The van der Waals surface area contributed by atoms with E-state index >= 15 is 0 Å². The van der Waals surface area contributed by atoms with Crippen LogP contribution in [0.1, 0.15) is 5.56 Å². The maximum absolute atomic E-state index is 9.99. The minimum atomic E-state index is -0.592. The molecule has 2 aromatic carbocycles. The van der Waals surface area contributed by atoms with Gasteiger partial charge in [0.1, 0.15) is 18.5 Å². The monoisotopic (exact) mass is 413 g/mol. The largest absolute Gasteiger partial charge is 0.490 e. The topological polar surface area (TPSA) is 41.5 Å². The summed E-state index contributed by atoms with van der Waals surface area (Å²) in [5.74, 6) is 0.737. The van der Waals surface area contributed by atoms with Crippen LogP contribution in [0.2, 0.25) is 0 Å². The summed E-state index contributed by atoms with van der Waals surface area (Å²) in [6.07, 6.45) is -0.592. The van der Waals surface area contributed by atoms with Gasteiger partial charge in [0, 0.05) is 16.7 Å². The molecule has 0 aliphatic heterocycles. The molecule has 2 N–H and O–H groups in total. The molecule has 0 amide bonds. The molecule has 3 nitrogen and oxygen atoms in total. The third-order valence-corrected chi connectivity index (χ3v) is 4.23. The van der Waals surface area contributed by atoms with E-state index in [0.29, 0.717) is 6.54 Å². The Kier molecular flexibility index (Phi) is 6.08. The third kappa shape index (κ3) is 5.02. The van der Waals surface area contributed by atoms with Crippen LogP contribution in [0.5, 0.6) is 5.75 Å². The number of benzene rings is 2. The van der Waals surface area contributed by atoms with E-state index in [1.54, 1.807) is 0 Å². The molecule has 0 fully saturated rings. The van der Waals surface area contributed by atoms with Crippen LogP contribution in [0.25, 0.3) is 0 Å². The van der Waals surface area contributed by atoms with Gasteiger partial charge < -0.3 is 15.2 Å². The van der Waals surface area contributed by atoms with Crippen LogP contribution in [0.4, 0.5) is 5.69 Å². The first-order chi connectivity index (χ1) is 10.1. The number of hydrogen-bond donors (Lipinski definition) is 2. The quantitative estimate of drug-likeness (QED) is 0.737. The van der Waals surface area contributed by atoms with Gasteiger partial charge in [-0.3, -0.25) is 0 Å². The van der Waals surface area contributed by atoms with E-state index in [2.05, 4.69) is 37.2 Å². The summed E-state index contributed by atoms with van der Waals surface area (Å²) < 4.78 is 7.49. The summed E-state index contributed by atoms with van der Waals surface area (Å²) in [5.41, 5.74) is 2.11. The van der Waals surface area contributed by atoms with Crippen molar-refractivity contribution in [3.8, 4) is 5.75 Å². The highest BCUT2D eigenvalue weighted by molar-refractivity contribution is 9.11. The molecule has 0 saturated carbocycles. The van der Waals surface area contributed by atoms with E-state index in [1.807, 2.05) is 49.4 Å². The highest BCUT2D eigenvalue weighted by Crippen LogP contribution is 2.26. The zero-order valence-electron chi connectivity index (χ0n) is 11.6. The number of aliphatic hydroxyl groups is 1. The van der Waals surface area contributed by atoms with Crippen molar-refractivity contribution < 1.29 is 9.84 Å². The molecule has 0 spiro atoms. The smallest absolute Gasteiger partial charge is 0.133 e. The number of halogens is 2. The van der Waals surface area contributed by atoms with Gasteiger partial charge in [-0.25, -0.2) is 0 Å². The number of aryl methyl sites for hydroxylation is 1. The Labute approximate surface area is 141 Å². The Morgan fingerprint density at radius 2 is 1.90 bits per heavy atom. The van der Waals surface area contributed by atoms with Gasteiger partial charge in [0.05, 0.1) is 4.47 Å². The first-order valence-electron chi connectivity index (χ1n) is 6.61. The van der Waals surface area contributed by atoms with Gasteiger partial charge in [-0.15, -0.1) is 0 Å². The summed E-state index contributed by atoms with van der Waals surface area (Å²) in [5, 5.41) is 13.2. The molecule has 0 heterocycles. The molecular weight excluding hydrogens is 398 g/mol. The van der Waals surface area contributed by atoms with Crippen molar-refractivity contribution in [1.29, 1.82) is 0 Å². The summed E-state index contributed by atoms with van der Waals surface area (Å²) >= 11 is 6.91. The van der Waals surface area contributed by atoms with E-state index in [9.17, 15) is 5.11 Å². The molecule has 1 unspecified atom stereocenters. The lowest BCUT2D eigenvalue weighted by atomic mass is 10.2.